The fourth-order valence-electron chi connectivity index (χ4n) is 5.57. The molecule has 5 aromatic rings. The van der Waals surface area contributed by atoms with Gasteiger partial charge in [0.1, 0.15) is 11.8 Å². The maximum atomic E-state index is 15.4. The Morgan fingerprint density at radius 1 is 0.905 bits per heavy atom. The summed E-state index contributed by atoms with van der Waals surface area (Å²) in [6.45, 7) is 0.492. The second kappa shape index (κ2) is 9.94. The second-order valence-electron chi connectivity index (χ2n) is 9.99. The molecule has 0 unspecified atom stereocenters. The number of pyridine rings is 1. The van der Waals surface area contributed by atoms with Gasteiger partial charge in [-0.15, -0.1) is 5.10 Å². The van der Waals surface area contributed by atoms with E-state index in [1.54, 1.807) is 30.6 Å². The fraction of sp³-hybridized carbons (Fsp3) is 0.259. The molecule has 2 aliphatic heterocycles. The molecule has 1 saturated heterocycles. The van der Waals surface area contributed by atoms with Crippen molar-refractivity contribution in [1.29, 1.82) is 0 Å². The molecule has 0 spiro atoms. The van der Waals surface area contributed by atoms with Crippen molar-refractivity contribution in [2.45, 2.75) is 25.7 Å². The smallest absolute Gasteiger partial charge is 0.414 e. The molecule has 7 rings (SSSR count). The zero-order valence-corrected chi connectivity index (χ0v) is 22.0. The summed E-state index contributed by atoms with van der Waals surface area (Å²) in [6, 6.07) is 11.0. The van der Waals surface area contributed by atoms with E-state index < -0.39 is 35.2 Å². The average Bonchev–Trinajstić information content (AvgIpc) is 3.63. The first-order valence-electron chi connectivity index (χ1n) is 13.2. The number of ether oxygens (including phenoxy) is 1. The summed E-state index contributed by atoms with van der Waals surface area (Å²) < 4.78 is 41.3. The van der Waals surface area contributed by atoms with Crippen molar-refractivity contribution in [2.75, 3.05) is 29.4 Å². The van der Waals surface area contributed by atoms with E-state index in [1.165, 1.54) is 25.1 Å². The van der Waals surface area contributed by atoms with Crippen molar-refractivity contribution in [3.8, 4) is 5.69 Å². The van der Waals surface area contributed by atoms with Crippen LogP contribution in [0.2, 0.25) is 0 Å². The number of nitrogens with zero attached hydrogens (tertiary/aromatic N) is 9. The van der Waals surface area contributed by atoms with Crippen molar-refractivity contribution in [3.05, 3.63) is 93.7 Å². The van der Waals surface area contributed by atoms with E-state index in [9.17, 15) is 14.4 Å². The van der Waals surface area contributed by atoms with Gasteiger partial charge in [-0.1, -0.05) is 23.4 Å². The number of benzene rings is 2. The van der Waals surface area contributed by atoms with Gasteiger partial charge in [0.2, 0.25) is 0 Å². The maximum absolute atomic E-state index is 15.4. The number of hydrogen-bond donors (Lipinski definition) is 0. The summed E-state index contributed by atoms with van der Waals surface area (Å²) in [5.74, 6) is -1.76. The first kappa shape index (κ1) is 25.6. The van der Waals surface area contributed by atoms with Crippen LogP contribution in [0.15, 0.2) is 70.6 Å². The molecule has 13 nitrogen and oxygen atoms in total. The summed E-state index contributed by atoms with van der Waals surface area (Å²) >= 11 is 0. The van der Waals surface area contributed by atoms with Gasteiger partial charge in [-0.25, -0.2) is 41.8 Å². The number of cyclic esters (lactones) is 1. The van der Waals surface area contributed by atoms with Gasteiger partial charge >= 0.3 is 17.5 Å². The van der Waals surface area contributed by atoms with Crippen molar-refractivity contribution in [2.24, 2.45) is 0 Å². The minimum absolute atomic E-state index is 0.0162. The van der Waals surface area contributed by atoms with E-state index >= 15 is 8.78 Å². The van der Waals surface area contributed by atoms with Crippen LogP contribution in [0.4, 0.5) is 25.0 Å². The Kier molecular flexibility index (Phi) is 6.06. The Balaban J connectivity index is 1.14. The first-order chi connectivity index (χ1) is 20.4. The van der Waals surface area contributed by atoms with E-state index in [0.717, 1.165) is 27.0 Å². The molecule has 1 amide bonds. The lowest BCUT2D eigenvalue weighted by atomic mass is 10.2. The Labute approximate surface area is 235 Å². The molecule has 42 heavy (non-hydrogen) atoms. The summed E-state index contributed by atoms with van der Waals surface area (Å²) in [4.78, 5) is 46.2. The van der Waals surface area contributed by atoms with Gasteiger partial charge in [0.25, 0.3) is 0 Å². The number of hydrogen-bond acceptors (Lipinski definition) is 8. The molecule has 1 atom stereocenters. The van der Waals surface area contributed by atoms with Crippen LogP contribution < -0.4 is 21.2 Å². The van der Waals surface area contributed by atoms with Gasteiger partial charge < -0.3 is 9.64 Å². The highest BCUT2D eigenvalue weighted by Gasteiger charge is 2.34. The molecule has 0 N–H and O–H groups in total. The highest BCUT2D eigenvalue weighted by Crippen LogP contribution is 2.31. The molecular formula is C27H23F2N9O4. The lowest BCUT2D eigenvalue weighted by molar-refractivity contribution is 0.129. The van der Waals surface area contributed by atoms with Gasteiger partial charge in [-0.3, -0.25) is 9.88 Å². The Morgan fingerprint density at radius 2 is 1.62 bits per heavy atom. The minimum atomic E-state index is -0.879. The standard InChI is InChI=1S/C27H23F2N9O4/c28-20-13-18(35-16-19(42-27(35)41)15-34-8-7-31-32-34)14-21(29)24(20)33-9-11-36-25(39)38(26(40)37(36)12-10-33)22-5-1-3-17-4-2-6-30-23(17)22/h1-8,13-14,19H,9-12,15-16H2/t19-/m0/s1. The van der Waals surface area contributed by atoms with E-state index in [4.69, 9.17) is 4.74 Å². The molecule has 0 radical (unpaired) electrons. The molecule has 3 aromatic heterocycles. The average molecular weight is 576 g/mol. The zero-order chi connectivity index (χ0) is 29.0. The maximum Gasteiger partial charge on any atom is 0.414 e. The Morgan fingerprint density at radius 3 is 2.31 bits per heavy atom. The number of para-hydroxylation sites is 1. The van der Waals surface area contributed by atoms with E-state index in [0.29, 0.717) is 11.2 Å². The van der Waals surface area contributed by atoms with Gasteiger partial charge in [-0.2, -0.15) is 0 Å². The number of amides is 1. The largest absolute Gasteiger partial charge is 0.442 e. The number of halogens is 2. The topological polar surface area (TPSA) is 125 Å². The summed E-state index contributed by atoms with van der Waals surface area (Å²) in [7, 11) is 0. The minimum Gasteiger partial charge on any atom is -0.442 e. The SMILES string of the molecule is O=C1O[C@@H](Cn2ccnn2)CN1c1cc(F)c(N2CCn3c(=O)n(-c4cccc5cccnc45)c(=O)n3CC2)c(F)c1. The predicted molar refractivity (Wildman–Crippen MR) is 146 cm³/mol. The number of carbonyl (C=O) groups excluding carboxylic acids is 1. The van der Waals surface area contributed by atoms with Crippen LogP contribution in [0.1, 0.15) is 0 Å². The van der Waals surface area contributed by atoms with Gasteiger partial charge in [0, 0.05) is 43.0 Å². The predicted octanol–water partition coefficient (Wildman–Crippen LogP) is 1.76. The third-order valence-corrected chi connectivity index (χ3v) is 7.50. The Bertz CT molecular complexity index is 1880. The number of carbonyl (C=O) groups is 1. The molecule has 0 saturated carbocycles. The monoisotopic (exact) mass is 575 g/mol. The van der Waals surface area contributed by atoms with Crippen molar-refractivity contribution in [3.63, 3.8) is 0 Å². The lowest BCUT2D eigenvalue weighted by Gasteiger charge is -2.24. The normalized spacial score (nSPS) is 17.0. The van der Waals surface area contributed by atoms with Crippen LogP contribution in [0.5, 0.6) is 0 Å². The first-order valence-corrected chi connectivity index (χ1v) is 13.2. The number of aromatic nitrogens is 7. The van der Waals surface area contributed by atoms with Gasteiger partial charge in [0.15, 0.2) is 11.6 Å². The van der Waals surface area contributed by atoms with Crippen LogP contribution in [-0.4, -0.2) is 65.7 Å². The molecule has 2 aromatic carbocycles. The number of anilines is 2. The van der Waals surface area contributed by atoms with Crippen molar-refractivity contribution >= 4 is 28.4 Å². The highest BCUT2D eigenvalue weighted by atomic mass is 19.1. The van der Waals surface area contributed by atoms with Crippen molar-refractivity contribution < 1.29 is 18.3 Å². The third-order valence-electron chi connectivity index (χ3n) is 7.50. The van der Waals surface area contributed by atoms with E-state index in [2.05, 4.69) is 15.3 Å². The summed E-state index contributed by atoms with van der Waals surface area (Å²) in [5, 5.41) is 8.33. The Hall–Kier alpha value is -5.34. The molecule has 5 heterocycles. The molecule has 0 aliphatic carbocycles. The number of rotatable bonds is 5. The van der Waals surface area contributed by atoms with Crippen molar-refractivity contribution in [1.82, 2.24) is 33.9 Å². The van der Waals surface area contributed by atoms with Gasteiger partial charge in [0.05, 0.1) is 49.3 Å². The molecule has 214 valence electrons. The molecular weight excluding hydrogens is 552 g/mol. The zero-order valence-electron chi connectivity index (χ0n) is 22.0. The molecule has 1 fully saturated rings. The van der Waals surface area contributed by atoms with Crippen LogP contribution >= 0.6 is 0 Å². The van der Waals surface area contributed by atoms with Crippen LogP contribution in [-0.2, 0) is 24.4 Å². The van der Waals surface area contributed by atoms with Crippen LogP contribution in [0.25, 0.3) is 16.6 Å². The van der Waals surface area contributed by atoms with Gasteiger partial charge in [-0.05, 0) is 12.1 Å². The highest BCUT2D eigenvalue weighted by molar-refractivity contribution is 5.90. The van der Waals surface area contributed by atoms with E-state index in [-0.39, 0.29) is 50.6 Å². The third kappa shape index (κ3) is 4.20. The summed E-state index contributed by atoms with van der Waals surface area (Å²) in [5.41, 5.74) is -0.539. The van der Waals surface area contributed by atoms with Crippen LogP contribution in [0.3, 0.4) is 0 Å². The molecule has 0 bridgehead atoms. The molecule has 2 aliphatic rings. The summed E-state index contributed by atoms with van der Waals surface area (Å²) in [6.07, 6.45) is 3.40. The second-order valence-corrected chi connectivity index (χ2v) is 9.99. The molecule has 15 heteroatoms. The quantitative estimate of drug-likeness (QED) is 0.311. The number of fused-ring (bicyclic) bond motifs is 2. The van der Waals surface area contributed by atoms with E-state index in [1.807, 2.05) is 12.1 Å². The lowest BCUT2D eigenvalue weighted by Crippen LogP contribution is -2.33. The van der Waals surface area contributed by atoms with Crippen LogP contribution in [0, 0.1) is 11.6 Å². The fourth-order valence-corrected chi connectivity index (χ4v) is 5.57.